The molecule has 1 fully saturated rings. The second-order valence-corrected chi connectivity index (χ2v) is 3.64. The molecular weight excluding hydrogens is 227 g/mol. The highest BCUT2D eigenvalue weighted by molar-refractivity contribution is 14.1. The third-order valence-electron chi connectivity index (χ3n) is 1.88. The molecule has 0 aromatic heterocycles. The minimum atomic E-state index is 0.579. The first-order chi connectivity index (χ1) is 4.33. The van der Waals surface area contributed by atoms with Gasteiger partial charge >= 0.3 is 0 Å². The molecule has 0 aliphatic carbocycles. The Labute approximate surface area is 70.3 Å². The lowest BCUT2D eigenvalue weighted by Crippen LogP contribution is -2.43. The lowest BCUT2D eigenvalue weighted by molar-refractivity contribution is -0.100. The van der Waals surface area contributed by atoms with Gasteiger partial charge in [-0.25, -0.2) is 0 Å². The predicted octanol–water partition coefficient (Wildman–Crippen LogP) is 2.24. The second-order valence-electron chi connectivity index (χ2n) is 2.88. The van der Waals surface area contributed by atoms with Gasteiger partial charge in [-0.3, -0.25) is 0 Å². The normalized spacial score (nSPS) is 23.3. The smallest absolute Gasteiger partial charge is 0.0552 e. The van der Waals surface area contributed by atoms with E-state index in [1.165, 1.54) is 17.3 Å². The Balaban J connectivity index is 2.28. The molecule has 0 radical (unpaired) electrons. The van der Waals surface area contributed by atoms with Crippen molar-refractivity contribution in [1.82, 2.24) is 0 Å². The third kappa shape index (κ3) is 1.58. The highest BCUT2D eigenvalue weighted by Crippen LogP contribution is 2.34. The van der Waals surface area contributed by atoms with Crippen molar-refractivity contribution in [2.24, 2.45) is 5.41 Å². The summed E-state index contributed by atoms with van der Waals surface area (Å²) in [5, 5.41) is 0. The van der Waals surface area contributed by atoms with E-state index >= 15 is 0 Å². The summed E-state index contributed by atoms with van der Waals surface area (Å²) in [6.45, 7) is 4.25. The van der Waals surface area contributed by atoms with Crippen molar-refractivity contribution in [3.05, 3.63) is 0 Å². The van der Waals surface area contributed by atoms with E-state index in [4.69, 9.17) is 4.74 Å². The maximum Gasteiger partial charge on any atom is 0.0552 e. The van der Waals surface area contributed by atoms with Crippen LogP contribution < -0.4 is 0 Å². The fourth-order valence-electron chi connectivity index (χ4n) is 1.21. The summed E-state index contributed by atoms with van der Waals surface area (Å²) in [5.41, 5.74) is 0.579. The van der Waals surface area contributed by atoms with Crippen molar-refractivity contribution < 1.29 is 4.74 Å². The first-order valence-corrected chi connectivity index (χ1v) is 4.99. The van der Waals surface area contributed by atoms with Crippen molar-refractivity contribution >= 4 is 22.6 Å². The molecule has 0 aromatic carbocycles. The number of hydrogen-bond acceptors (Lipinski definition) is 1. The lowest BCUT2D eigenvalue weighted by Gasteiger charge is -2.40. The van der Waals surface area contributed by atoms with Gasteiger partial charge in [0.15, 0.2) is 0 Å². The van der Waals surface area contributed by atoms with E-state index in [0.29, 0.717) is 5.41 Å². The summed E-state index contributed by atoms with van der Waals surface area (Å²) in [6.07, 6.45) is 2.64. The summed E-state index contributed by atoms with van der Waals surface area (Å²) in [6, 6.07) is 0. The Morgan fingerprint density at radius 1 is 1.56 bits per heavy atom. The number of alkyl halides is 1. The molecule has 1 heterocycles. The molecular formula is C7H13IO. The van der Waals surface area contributed by atoms with Crippen molar-refractivity contribution in [2.75, 3.05) is 17.6 Å². The lowest BCUT2D eigenvalue weighted by atomic mass is 9.84. The molecule has 0 bridgehead atoms. The number of ether oxygens (including phenoxy) is 1. The van der Waals surface area contributed by atoms with Crippen LogP contribution in [0.3, 0.4) is 0 Å². The second kappa shape index (κ2) is 3.19. The summed E-state index contributed by atoms with van der Waals surface area (Å²) in [5.74, 6) is 0. The fraction of sp³-hybridized carbons (Fsp3) is 1.00. The van der Waals surface area contributed by atoms with E-state index in [-0.39, 0.29) is 0 Å². The van der Waals surface area contributed by atoms with Gasteiger partial charge in [0.1, 0.15) is 0 Å². The molecule has 0 saturated carbocycles. The van der Waals surface area contributed by atoms with E-state index in [1.807, 2.05) is 0 Å². The van der Waals surface area contributed by atoms with Gasteiger partial charge in [-0.15, -0.1) is 0 Å². The minimum Gasteiger partial charge on any atom is -0.380 e. The summed E-state index contributed by atoms with van der Waals surface area (Å²) in [4.78, 5) is 0. The van der Waals surface area contributed by atoms with Crippen LogP contribution in [0.2, 0.25) is 0 Å². The largest absolute Gasteiger partial charge is 0.380 e. The molecule has 0 atom stereocenters. The van der Waals surface area contributed by atoms with Crippen molar-refractivity contribution in [3.63, 3.8) is 0 Å². The van der Waals surface area contributed by atoms with Gasteiger partial charge < -0.3 is 4.74 Å². The van der Waals surface area contributed by atoms with Gasteiger partial charge in [-0.2, -0.15) is 0 Å². The van der Waals surface area contributed by atoms with Crippen LogP contribution in [-0.2, 0) is 4.74 Å². The molecule has 1 aliphatic rings. The quantitative estimate of drug-likeness (QED) is 0.543. The Bertz CT molecular complexity index is 83.4. The van der Waals surface area contributed by atoms with Gasteiger partial charge in [0.2, 0.25) is 0 Å². The zero-order valence-corrected chi connectivity index (χ0v) is 7.98. The molecule has 1 aliphatic heterocycles. The van der Waals surface area contributed by atoms with Crippen LogP contribution in [0.4, 0.5) is 0 Å². The maximum atomic E-state index is 5.18. The van der Waals surface area contributed by atoms with E-state index < -0.39 is 0 Å². The molecule has 0 spiro atoms. The molecule has 1 saturated heterocycles. The zero-order chi connectivity index (χ0) is 6.74. The summed E-state index contributed by atoms with van der Waals surface area (Å²) in [7, 11) is 0. The van der Waals surface area contributed by atoms with Crippen molar-refractivity contribution in [3.8, 4) is 0 Å². The first kappa shape index (κ1) is 7.79. The van der Waals surface area contributed by atoms with Crippen molar-refractivity contribution in [2.45, 2.75) is 19.8 Å². The minimum absolute atomic E-state index is 0.579. The Hall–Kier alpha value is 0.690. The average molecular weight is 240 g/mol. The van der Waals surface area contributed by atoms with E-state index in [2.05, 4.69) is 29.5 Å². The molecule has 54 valence electrons. The number of halogens is 1. The predicted molar refractivity (Wildman–Crippen MR) is 47.0 cm³/mol. The van der Waals surface area contributed by atoms with Gasteiger partial charge in [0, 0.05) is 9.84 Å². The van der Waals surface area contributed by atoms with Crippen molar-refractivity contribution in [1.29, 1.82) is 0 Å². The topological polar surface area (TPSA) is 9.23 Å². The molecule has 2 heteroatoms. The monoisotopic (exact) mass is 240 g/mol. The Morgan fingerprint density at radius 3 is 2.33 bits per heavy atom. The van der Waals surface area contributed by atoms with E-state index in [1.54, 1.807) is 0 Å². The van der Waals surface area contributed by atoms with Crippen LogP contribution in [-0.4, -0.2) is 17.6 Å². The van der Waals surface area contributed by atoms with Crippen LogP contribution >= 0.6 is 22.6 Å². The highest BCUT2D eigenvalue weighted by atomic mass is 127. The van der Waals surface area contributed by atoms with Crippen LogP contribution in [0, 0.1) is 5.41 Å². The molecule has 9 heavy (non-hydrogen) atoms. The Kier molecular flexibility index (Phi) is 2.76. The van der Waals surface area contributed by atoms with Crippen LogP contribution in [0.1, 0.15) is 19.8 Å². The molecule has 0 aromatic rings. The van der Waals surface area contributed by atoms with E-state index in [9.17, 15) is 0 Å². The molecule has 1 nitrogen and oxygen atoms in total. The molecule has 0 N–H and O–H groups in total. The maximum absolute atomic E-state index is 5.18. The van der Waals surface area contributed by atoms with Crippen LogP contribution in [0.15, 0.2) is 0 Å². The third-order valence-corrected chi connectivity index (χ3v) is 3.50. The fourth-order valence-corrected chi connectivity index (χ4v) is 2.03. The van der Waals surface area contributed by atoms with Crippen LogP contribution in [0.25, 0.3) is 0 Å². The van der Waals surface area contributed by atoms with Gasteiger partial charge in [0.05, 0.1) is 13.2 Å². The van der Waals surface area contributed by atoms with E-state index in [0.717, 1.165) is 13.2 Å². The molecule has 0 unspecified atom stereocenters. The average Bonchev–Trinajstić information content (AvgIpc) is 1.79. The SMILES string of the molecule is CCCC1(CI)COC1. The standard InChI is InChI=1S/C7H13IO/c1-2-3-7(4-8)5-9-6-7/h2-6H2,1H3. The van der Waals surface area contributed by atoms with Gasteiger partial charge in [-0.05, 0) is 6.42 Å². The highest BCUT2D eigenvalue weighted by Gasteiger charge is 2.35. The number of hydrogen-bond donors (Lipinski definition) is 0. The number of rotatable bonds is 3. The first-order valence-electron chi connectivity index (χ1n) is 3.47. The zero-order valence-electron chi connectivity index (χ0n) is 5.82. The van der Waals surface area contributed by atoms with Gasteiger partial charge in [-0.1, -0.05) is 35.9 Å². The summed E-state index contributed by atoms with van der Waals surface area (Å²) < 4.78 is 6.44. The van der Waals surface area contributed by atoms with Crippen LogP contribution in [0.5, 0.6) is 0 Å². The summed E-state index contributed by atoms with van der Waals surface area (Å²) >= 11 is 2.46. The van der Waals surface area contributed by atoms with Gasteiger partial charge in [0.25, 0.3) is 0 Å². The Morgan fingerprint density at radius 2 is 2.22 bits per heavy atom. The molecule has 1 rings (SSSR count). The molecule has 0 amide bonds.